The van der Waals surface area contributed by atoms with Crippen LogP contribution in [0.1, 0.15) is 56.8 Å². The molecule has 1 aromatic heterocycles. The highest BCUT2D eigenvalue weighted by Gasteiger charge is 2.44. The van der Waals surface area contributed by atoms with Crippen LogP contribution in [0.4, 0.5) is 5.95 Å². The Morgan fingerprint density at radius 2 is 1.66 bits per heavy atom. The second-order valence-electron chi connectivity index (χ2n) is 8.25. The Bertz CT molecular complexity index is 826. The Morgan fingerprint density at radius 3 is 2.28 bits per heavy atom. The lowest BCUT2D eigenvalue weighted by atomic mass is 9.76. The van der Waals surface area contributed by atoms with Gasteiger partial charge < -0.3 is 22.2 Å². The fraction of sp³-hybridized carbons (Fsp3) is 0.714. The van der Waals surface area contributed by atoms with Crippen LogP contribution in [-0.4, -0.2) is 66.0 Å². The van der Waals surface area contributed by atoms with Crippen LogP contribution < -0.4 is 22.2 Å². The number of carbonyl (C=O) groups is 2. The molecule has 8 heteroatoms. The minimum Gasteiger partial charge on any atom is -1.00 e. The number of amides is 2. The Balaban J connectivity index is 0.00000306. The van der Waals surface area contributed by atoms with Crippen LogP contribution in [0.3, 0.4) is 0 Å². The van der Waals surface area contributed by atoms with E-state index in [0.29, 0.717) is 32.1 Å². The van der Waals surface area contributed by atoms with E-state index in [1.54, 1.807) is 18.5 Å². The second kappa shape index (κ2) is 9.85. The maximum atomic E-state index is 12.7. The van der Waals surface area contributed by atoms with Crippen molar-refractivity contribution in [2.24, 2.45) is 5.41 Å². The normalized spacial score (nSPS) is 25.2. The van der Waals surface area contributed by atoms with Crippen molar-refractivity contribution in [3.05, 3.63) is 18.5 Å². The predicted octanol–water partition coefficient (Wildman–Crippen LogP) is -2.32. The molecule has 0 unspecified atom stereocenters. The van der Waals surface area contributed by atoms with Crippen LogP contribution in [0.25, 0.3) is 0 Å². The third-order valence-electron chi connectivity index (χ3n) is 6.32. The number of anilines is 1. The van der Waals surface area contributed by atoms with E-state index in [4.69, 9.17) is 5.48 Å². The highest BCUT2D eigenvalue weighted by molar-refractivity contribution is 5.98. The van der Waals surface area contributed by atoms with Gasteiger partial charge in [-0.15, -0.1) is 0 Å². The molecule has 0 radical (unpaired) electrons. The maximum Gasteiger partial charge on any atom is 0.229 e. The fourth-order valence-electron chi connectivity index (χ4n) is 4.67. The summed E-state index contributed by atoms with van der Waals surface area (Å²) in [6.45, 7) is 2.04. The average molecular weight is 426 g/mol. The van der Waals surface area contributed by atoms with E-state index < -0.39 is 19.3 Å². The van der Waals surface area contributed by atoms with Gasteiger partial charge in [0.15, 0.2) is 0 Å². The lowest BCUT2D eigenvalue weighted by Crippen LogP contribution is -3.14. The lowest BCUT2D eigenvalue weighted by molar-refractivity contribution is -0.900. The van der Waals surface area contributed by atoms with Gasteiger partial charge in [-0.2, -0.15) is 0 Å². The number of nitrogens with zero attached hydrogens (tertiary/aromatic N) is 4. The molecule has 1 saturated carbocycles. The predicted molar refractivity (Wildman–Crippen MR) is 106 cm³/mol. The molecule has 0 bridgehead atoms. The Kier molecular flexibility index (Phi) is 5.77. The fourth-order valence-corrected chi connectivity index (χ4v) is 4.67. The van der Waals surface area contributed by atoms with E-state index in [1.807, 2.05) is 4.90 Å². The number of nitrogens with one attached hydrogen (secondary N) is 1. The molecule has 1 aromatic rings. The van der Waals surface area contributed by atoms with Crippen molar-refractivity contribution in [1.82, 2.24) is 14.9 Å². The Hall–Kier alpha value is -1.73. The summed E-state index contributed by atoms with van der Waals surface area (Å²) in [5.41, 5.74) is -0.247. The SMILES string of the molecule is [2H]C([2H])(CN1C(=O)CC2(CCCC2)CC1=O)C([2H])([2H])C[NH+]1CCN(c2ncccn2)CC1.[Cl-]. The number of carbonyl (C=O) groups excluding carboxylic acids is 2. The van der Waals surface area contributed by atoms with Gasteiger partial charge in [-0.25, -0.2) is 9.97 Å². The van der Waals surface area contributed by atoms with Gasteiger partial charge in [0.05, 0.1) is 32.7 Å². The number of aromatic nitrogens is 2. The van der Waals surface area contributed by atoms with E-state index in [0.717, 1.165) is 35.5 Å². The number of rotatable bonds is 6. The summed E-state index contributed by atoms with van der Waals surface area (Å²) < 4.78 is 33.8. The molecule has 3 aliphatic rings. The highest BCUT2D eigenvalue weighted by atomic mass is 35.5. The number of hydrogen-bond acceptors (Lipinski definition) is 5. The smallest absolute Gasteiger partial charge is 0.229 e. The largest absolute Gasteiger partial charge is 1.00 e. The zero-order valence-electron chi connectivity index (χ0n) is 20.7. The molecule has 2 amide bonds. The summed E-state index contributed by atoms with van der Waals surface area (Å²) in [5.74, 6) is -0.0645. The van der Waals surface area contributed by atoms with E-state index in [-0.39, 0.29) is 49.0 Å². The quantitative estimate of drug-likeness (QED) is 0.518. The van der Waals surface area contributed by atoms with Crippen LogP contribution >= 0.6 is 0 Å². The van der Waals surface area contributed by atoms with Gasteiger partial charge in [0.25, 0.3) is 0 Å². The zero-order chi connectivity index (χ0) is 23.0. The van der Waals surface area contributed by atoms with Gasteiger partial charge in [-0.1, -0.05) is 12.8 Å². The van der Waals surface area contributed by atoms with Crippen LogP contribution in [0.2, 0.25) is 0 Å². The van der Waals surface area contributed by atoms with Gasteiger partial charge in [-0.05, 0) is 37.1 Å². The number of likely N-dealkylation sites (tertiary alicyclic amines) is 1. The van der Waals surface area contributed by atoms with Crippen molar-refractivity contribution in [1.29, 1.82) is 0 Å². The van der Waals surface area contributed by atoms with Crippen LogP contribution in [0.5, 0.6) is 0 Å². The third kappa shape index (κ3) is 5.25. The molecule has 29 heavy (non-hydrogen) atoms. The first-order valence-corrected chi connectivity index (χ1v) is 10.3. The molecule has 0 aromatic carbocycles. The Morgan fingerprint density at radius 1 is 1.03 bits per heavy atom. The van der Waals surface area contributed by atoms with Gasteiger partial charge in [-0.3, -0.25) is 14.5 Å². The molecule has 4 rings (SSSR count). The van der Waals surface area contributed by atoms with E-state index >= 15 is 0 Å². The molecule has 7 nitrogen and oxygen atoms in total. The van der Waals surface area contributed by atoms with Gasteiger partial charge in [0.2, 0.25) is 17.8 Å². The number of piperidine rings is 1. The van der Waals surface area contributed by atoms with Crippen molar-refractivity contribution in [3.8, 4) is 0 Å². The van der Waals surface area contributed by atoms with E-state index in [9.17, 15) is 9.59 Å². The molecule has 1 spiro atoms. The van der Waals surface area contributed by atoms with Crippen molar-refractivity contribution in [2.75, 3.05) is 44.2 Å². The molecular formula is C21H32ClN5O2. The third-order valence-corrected chi connectivity index (χ3v) is 6.32. The number of hydrogen-bond donors (Lipinski definition) is 1. The summed E-state index contributed by atoms with van der Waals surface area (Å²) in [7, 11) is 0. The summed E-state index contributed by atoms with van der Waals surface area (Å²) in [6.07, 6.45) is 3.19. The average Bonchev–Trinajstić information content (AvgIpc) is 3.19. The molecule has 0 atom stereocenters. The van der Waals surface area contributed by atoms with Crippen molar-refractivity contribution >= 4 is 17.8 Å². The first-order valence-electron chi connectivity index (χ1n) is 12.3. The molecule has 1 N–H and O–H groups in total. The molecule has 2 saturated heterocycles. The van der Waals surface area contributed by atoms with Crippen molar-refractivity contribution < 1.29 is 32.4 Å². The standard InChI is InChI=1S/C21H31N5O2.ClH/c27-18-16-21(6-1-2-7-21)17-19(28)26(18)11-4-3-10-24-12-14-25(15-13-24)20-22-8-5-9-23-20;/h5,8-9H,1-4,6-7,10-17H2;1H/i3D2,4D2;. The van der Waals surface area contributed by atoms with Crippen LogP contribution in [0.15, 0.2) is 18.5 Å². The maximum absolute atomic E-state index is 12.7. The summed E-state index contributed by atoms with van der Waals surface area (Å²) in [5, 5.41) is 0. The number of piperazine rings is 1. The van der Waals surface area contributed by atoms with Crippen LogP contribution in [0, 0.1) is 5.41 Å². The second-order valence-corrected chi connectivity index (χ2v) is 8.25. The summed E-state index contributed by atoms with van der Waals surface area (Å²) in [6, 6.07) is 1.76. The van der Waals surface area contributed by atoms with Crippen molar-refractivity contribution in [3.63, 3.8) is 0 Å². The number of imide groups is 1. The van der Waals surface area contributed by atoms with E-state index in [1.165, 1.54) is 0 Å². The molecule has 2 aliphatic heterocycles. The number of halogens is 1. The Labute approximate surface area is 184 Å². The minimum atomic E-state index is -2.33. The van der Waals surface area contributed by atoms with Gasteiger partial charge >= 0.3 is 0 Å². The van der Waals surface area contributed by atoms with Crippen LogP contribution in [-0.2, 0) is 9.59 Å². The van der Waals surface area contributed by atoms with E-state index in [2.05, 4.69) is 9.97 Å². The van der Waals surface area contributed by atoms with Gasteiger partial charge in [0.1, 0.15) is 0 Å². The monoisotopic (exact) mass is 425 g/mol. The van der Waals surface area contributed by atoms with Gasteiger partial charge in [0, 0.05) is 37.3 Å². The molecule has 1 aliphatic carbocycles. The molecule has 3 heterocycles. The zero-order valence-corrected chi connectivity index (χ0v) is 17.5. The first kappa shape index (κ1) is 17.0. The minimum absolute atomic E-state index is 0. The molecule has 3 fully saturated rings. The first-order chi connectivity index (χ1) is 15.1. The lowest BCUT2D eigenvalue weighted by Gasteiger charge is -2.37. The topological polar surface area (TPSA) is 70.8 Å². The summed E-state index contributed by atoms with van der Waals surface area (Å²) >= 11 is 0. The highest BCUT2D eigenvalue weighted by Crippen LogP contribution is 2.46. The number of quaternary nitrogens is 1. The van der Waals surface area contributed by atoms with Crippen molar-refractivity contribution in [2.45, 2.75) is 51.3 Å². The molecular weight excluding hydrogens is 390 g/mol. The molecule has 160 valence electrons. The summed E-state index contributed by atoms with van der Waals surface area (Å²) in [4.78, 5) is 37.9.